The Balaban J connectivity index is 1.76. The van der Waals surface area contributed by atoms with E-state index in [-0.39, 0.29) is 21.4 Å². The lowest BCUT2D eigenvalue weighted by molar-refractivity contribution is -0.117. The van der Waals surface area contributed by atoms with Gasteiger partial charge in [0.25, 0.3) is 10.0 Å². The number of carbonyl (C=O) groups is 1. The number of hydrogen-bond donors (Lipinski definition) is 2. The third kappa shape index (κ3) is 5.18. The van der Waals surface area contributed by atoms with Crippen LogP contribution in [-0.2, 0) is 24.8 Å². The molecule has 162 valence electrons. The predicted molar refractivity (Wildman–Crippen MR) is 115 cm³/mol. The first-order chi connectivity index (χ1) is 14.2. The lowest BCUT2D eigenvalue weighted by atomic mass is 10.3. The SMILES string of the molecule is CCCCNS(=O)(=O)c1cccc(NS(=O)(=O)c2ccc(N3CCCC3=O)cc2)c1. The van der Waals surface area contributed by atoms with Crippen LogP contribution >= 0.6 is 0 Å². The topological polar surface area (TPSA) is 113 Å². The maximum Gasteiger partial charge on any atom is 0.261 e. The van der Waals surface area contributed by atoms with Crippen LogP contribution in [0.1, 0.15) is 32.6 Å². The maximum absolute atomic E-state index is 12.7. The van der Waals surface area contributed by atoms with Crippen molar-refractivity contribution in [3.63, 3.8) is 0 Å². The molecule has 1 aliphatic rings. The van der Waals surface area contributed by atoms with Crippen molar-refractivity contribution < 1.29 is 21.6 Å². The van der Waals surface area contributed by atoms with Crippen molar-refractivity contribution in [1.82, 2.24) is 4.72 Å². The molecule has 10 heteroatoms. The van der Waals surface area contributed by atoms with Gasteiger partial charge < -0.3 is 4.90 Å². The smallest absolute Gasteiger partial charge is 0.261 e. The Morgan fingerprint density at radius 2 is 1.70 bits per heavy atom. The van der Waals surface area contributed by atoms with Crippen LogP contribution in [0.4, 0.5) is 11.4 Å². The summed E-state index contributed by atoms with van der Waals surface area (Å²) in [7, 11) is -7.64. The van der Waals surface area contributed by atoms with Crippen molar-refractivity contribution in [3.8, 4) is 0 Å². The van der Waals surface area contributed by atoms with E-state index in [1.54, 1.807) is 17.0 Å². The van der Waals surface area contributed by atoms with Crippen LogP contribution in [0.25, 0.3) is 0 Å². The van der Waals surface area contributed by atoms with Crippen LogP contribution in [0.15, 0.2) is 58.3 Å². The normalized spacial score (nSPS) is 14.8. The van der Waals surface area contributed by atoms with Crippen LogP contribution in [0.5, 0.6) is 0 Å². The second-order valence-corrected chi connectivity index (χ2v) is 10.5. The molecule has 2 aromatic carbocycles. The number of amides is 1. The van der Waals surface area contributed by atoms with Crippen molar-refractivity contribution in [1.29, 1.82) is 0 Å². The van der Waals surface area contributed by atoms with Gasteiger partial charge >= 0.3 is 0 Å². The third-order valence-electron chi connectivity index (χ3n) is 4.75. The van der Waals surface area contributed by atoms with Gasteiger partial charge in [-0.15, -0.1) is 0 Å². The van der Waals surface area contributed by atoms with E-state index in [0.29, 0.717) is 31.6 Å². The van der Waals surface area contributed by atoms with Gasteiger partial charge in [-0.05, 0) is 55.3 Å². The summed E-state index contributed by atoms with van der Waals surface area (Å²) in [5.41, 5.74) is 0.801. The molecule has 1 saturated heterocycles. The Morgan fingerprint density at radius 3 is 2.33 bits per heavy atom. The standard InChI is InChI=1S/C20H25N3O5S2/c1-2-3-13-21-29(25,26)19-7-4-6-16(15-19)22-30(27,28)18-11-9-17(10-12-18)23-14-5-8-20(23)24/h4,6-7,9-12,15,21-22H,2-3,5,8,13-14H2,1H3. The summed E-state index contributed by atoms with van der Waals surface area (Å²) in [6, 6.07) is 11.7. The number of hydrogen-bond acceptors (Lipinski definition) is 5. The van der Waals surface area contributed by atoms with Crippen molar-refractivity contribution in [2.45, 2.75) is 42.4 Å². The molecule has 2 N–H and O–H groups in total. The molecule has 1 amide bonds. The molecule has 2 aromatic rings. The van der Waals surface area contributed by atoms with Crippen molar-refractivity contribution in [2.75, 3.05) is 22.7 Å². The molecule has 8 nitrogen and oxygen atoms in total. The zero-order valence-electron chi connectivity index (χ0n) is 16.7. The van der Waals surface area contributed by atoms with Crippen LogP contribution in [0, 0.1) is 0 Å². The highest BCUT2D eigenvalue weighted by Gasteiger charge is 2.23. The van der Waals surface area contributed by atoms with Gasteiger partial charge in [-0.25, -0.2) is 21.6 Å². The molecule has 30 heavy (non-hydrogen) atoms. The number of nitrogens with one attached hydrogen (secondary N) is 2. The minimum absolute atomic E-state index is 0.0123. The molecule has 0 atom stereocenters. The summed E-state index contributed by atoms with van der Waals surface area (Å²) in [5.74, 6) is 0.0225. The minimum Gasteiger partial charge on any atom is -0.312 e. The Morgan fingerprint density at radius 1 is 0.967 bits per heavy atom. The minimum atomic E-state index is -3.92. The van der Waals surface area contributed by atoms with Gasteiger partial charge in [-0.1, -0.05) is 19.4 Å². The summed E-state index contributed by atoms with van der Waals surface area (Å²) in [6.45, 7) is 2.90. The Labute approximate surface area is 177 Å². The number of unbranched alkanes of at least 4 members (excludes halogenated alkanes) is 1. The quantitative estimate of drug-likeness (QED) is 0.569. The number of anilines is 2. The molecular weight excluding hydrogens is 426 g/mol. The van der Waals surface area contributed by atoms with Crippen molar-refractivity contribution in [3.05, 3.63) is 48.5 Å². The molecule has 0 spiro atoms. The van der Waals surface area contributed by atoms with Gasteiger partial charge in [0.1, 0.15) is 0 Å². The fourth-order valence-corrected chi connectivity index (χ4v) is 5.30. The zero-order valence-corrected chi connectivity index (χ0v) is 18.3. The Hall–Kier alpha value is -2.43. The summed E-state index contributed by atoms with van der Waals surface area (Å²) < 4.78 is 55.1. The Kier molecular flexibility index (Phi) is 6.79. The van der Waals surface area contributed by atoms with Gasteiger partial charge in [0.15, 0.2) is 0 Å². The summed E-state index contributed by atoms with van der Waals surface area (Å²) in [6.07, 6.45) is 2.85. The van der Waals surface area contributed by atoms with Gasteiger partial charge in [0.05, 0.1) is 15.5 Å². The monoisotopic (exact) mass is 451 g/mol. The van der Waals surface area contributed by atoms with E-state index in [0.717, 1.165) is 12.8 Å². The zero-order chi connectivity index (χ0) is 21.8. The van der Waals surface area contributed by atoms with Gasteiger partial charge in [0, 0.05) is 25.2 Å². The number of rotatable bonds is 9. The molecule has 0 aromatic heterocycles. The average Bonchev–Trinajstić information content (AvgIpc) is 3.14. The van der Waals surface area contributed by atoms with Crippen LogP contribution in [-0.4, -0.2) is 35.8 Å². The van der Waals surface area contributed by atoms with E-state index in [9.17, 15) is 21.6 Å². The molecule has 3 rings (SSSR count). The van der Waals surface area contributed by atoms with Gasteiger partial charge in [-0.2, -0.15) is 0 Å². The lowest BCUT2D eigenvalue weighted by Crippen LogP contribution is -2.25. The first-order valence-electron chi connectivity index (χ1n) is 9.76. The molecule has 0 bridgehead atoms. The largest absolute Gasteiger partial charge is 0.312 e. The molecule has 1 heterocycles. The molecule has 1 fully saturated rings. The number of sulfonamides is 2. The molecule has 1 aliphatic heterocycles. The second kappa shape index (κ2) is 9.15. The van der Waals surface area contributed by atoms with Crippen LogP contribution < -0.4 is 14.3 Å². The van der Waals surface area contributed by atoms with Crippen molar-refractivity contribution >= 4 is 37.3 Å². The third-order valence-corrected chi connectivity index (χ3v) is 7.61. The summed E-state index contributed by atoms with van der Waals surface area (Å²) >= 11 is 0. The first-order valence-corrected chi connectivity index (χ1v) is 12.7. The fraction of sp³-hybridized carbons (Fsp3) is 0.350. The highest BCUT2D eigenvalue weighted by Crippen LogP contribution is 2.24. The predicted octanol–water partition coefficient (Wildman–Crippen LogP) is 2.69. The number of carbonyl (C=O) groups excluding carboxylic acids is 1. The van der Waals surface area contributed by atoms with Crippen LogP contribution in [0.2, 0.25) is 0 Å². The highest BCUT2D eigenvalue weighted by atomic mass is 32.2. The van der Waals surface area contributed by atoms with E-state index in [2.05, 4.69) is 9.44 Å². The van der Waals surface area contributed by atoms with Crippen molar-refractivity contribution in [2.24, 2.45) is 0 Å². The molecule has 0 radical (unpaired) electrons. The molecular formula is C20H25N3O5S2. The van der Waals surface area contributed by atoms with E-state index in [1.807, 2.05) is 6.92 Å². The van der Waals surface area contributed by atoms with E-state index in [1.165, 1.54) is 36.4 Å². The van der Waals surface area contributed by atoms with Crippen LogP contribution in [0.3, 0.4) is 0 Å². The maximum atomic E-state index is 12.7. The molecule has 0 saturated carbocycles. The average molecular weight is 452 g/mol. The first kappa shape index (κ1) is 22.3. The van der Waals surface area contributed by atoms with E-state index >= 15 is 0 Å². The lowest BCUT2D eigenvalue weighted by Gasteiger charge is -2.16. The van der Waals surface area contributed by atoms with E-state index < -0.39 is 20.0 Å². The highest BCUT2D eigenvalue weighted by molar-refractivity contribution is 7.92. The number of benzene rings is 2. The second-order valence-electron chi connectivity index (χ2n) is 7.03. The van der Waals surface area contributed by atoms with E-state index in [4.69, 9.17) is 0 Å². The van der Waals surface area contributed by atoms with Gasteiger partial charge in [-0.3, -0.25) is 9.52 Å². The molecule has 0 unspecified atom stereocenters. The fourth-order valence-electron chi connectivity index (χ4n) is 3.13. The summed E-state index contributed by atoms with van der Waals surface area (Å²) in [4.78, 5) is 13.5. The van der Waals surface area contributed by atoms with Gasteiger partial charge in [0.2, 0.25) is 15.9 Å². The molecule has 0 aliphatic carbocycles. The number of nitrogens with zero attached hydrogens (tertiary/aromatic N) is 1. The Bertz CT molecular complexity index is 1110. The summed E-state index contributed by atoms with van der Waals surface area (Å²) in [5, 5.41) is 0.